The molecular weight excluding hydrogens is 222 g/mol. The molecule has 0 spiro atoms. The lowest BCUT2D eigenvalue weighted by Gasteiger charge is -2.29. The molecular formula is C13H18F2N2. The van der Waals surface area contributed by atoms with Crippen LogP contribution in [0.25, 0.3) is 0 Å². The molecule has 0 aliphatic carbocycles. The number of benzene rings is 1. The first-order chi connectivity index (χ1) is 8.05. The molecule has 4 heteroatoms. The molecule has 1 unspecified atom stereocenters. The normalized spacial score (nSPS) is 22.0. The first-order valence-electron chi connectivity index (χ1n) is 5.93. The summed E-state index contributed by atoms with van der Waals surface area (Å²) in [5.74, 6) is -2.78. The minimum Gasteiger partial charge on any atom is -0.326 e. The molecule has 2 N–H and O–H groups in total. The highest BCUT2D eigenvalue weighted by atomic mass is 19.3. The van der Waals surface area contributed by atoms with Crippen LogP contribution in [0.5, 0.6) is 0 Å². The highest BCUT2D eigenvalue weighted by Crippen LogP contribution is 2.38. The summed E-state index contributed by atoms with van der Waals surface area (Å²) >= 11 is 0. The standard InChI is InChI=1S/C13H18F2N2/c1-17-8-2-3-12(17)13(14,15)11-6-4-10(9-16)5-7-11/h4-7,12H,2-3,8-9,16H2,1H3. The minimum atomic E-state index is -2.78. The van der Waals surface area contributed by atoms with Gasteiger partial charge in [-0.25, -0.2) is 0 Å². The van der Waals surface area contributed by atoms with Crippen LogP contribution in [0.15, 0.2) is 24.3 Å². The number of hydrogen-bond donors (Lipinski definition) is 1. The predicted octanol–water partition coefficient (Wildman–Crippen LogP) is 2.33. The van der Waals surface area contributed by atoms with Crippen molar-refractivity contribution in [3.8, 4) is 0 Å². The predicted molar refractivity (Wildman–Crippen MR) is 63.9 cm³/mol. The van der Waals surface area contributed by atoms with E-state index in [1.807, 2.05) is 0 Å². The van der Waals surface area contributed by atoms with Crippen LogP contribution in [-0.2, 0) is 12.5 Å². The van der Waals surface area contributed by atoms with Gasteiger partial charge in [-0.05, 0) is 32.0 Å². The molecule has 2 nitrogen and oxygen atoms in total. The zero-order valence-electron chi connectivity index (χ0n) is 10.00. The Morgan fingerprint density at radius 1 is 1.35 bits per heavy atom. The van der Waals surface area contributed by atoms with E-state index in [1.54, 1.807) is 24.1 Å². The molecule has 17 heavy (non-hydrogen) atoms. The van der Waals surface area contributed by atoms with E-state index in [0.717, 1.165) is 18.5 Å². The quantitative estimate of drug-likeness (QED) is 0.878. The van der Waals surface area contributed by atoms with E-state index < -0.39 is 12.0 Å². The summed E-state index contributed by atoms with van der Waals surface area (Å²) in [6.45, 7) is 1.14. The van der Waals surface area contributed by atoms with Crippen LogP contribution in [-0.4, -0.2) is 24.5 Å². The van der Waals surface area contributed by atoms with Gasteiger partial charge >= 0.3 is 0 Å². The lowest BCUT2D eigenvalue weighted by atomic mass is 9.98. The number of nitrogens with zero attached hydrogens (tertiary/aromatic N) is 1. The SMILES string of the molecule is CN1CCCC1C(F)(F)c1ccc(CN)cc1. The van der Waals surface area contributed by atoms with Crippen LogP contribution in [0, 0.1) is 0 Å². The number of alkyl halides is 2. The summed E-state index contributed by atoms with van der Waals surface area (Å²) in [5, 5.41) is 0. The van der Waals surface area contributed by atoms with E-state index in [9.17, 15) is 8.78 Å². The summed E-state index contributed by atoms with van der Waals surface area (Å²) in [6.07, 6.45) is 1.40. The molecule has 1 fully saturated rings. The molecule has 0 bridgehead atoms. The Hall–Kier alpha value is -1.00. The minimum absolute atomic E-state index is 0.0912. The van der Waals surface area contributed by atoms with Gasteiger partial charge < -0.3 is 5.73 Å². The molecule has 1 saturated heterocycles. The van der Waals surface area contributed by atoms with Gasteiger partial charge in [0, 0.05) is 12.1 Å². The van der Waals surface area contributed by atoms with Gasteiger partial charge in [0.05, 0.1) is 6.04 Å². The average Bonchev–Trinajstić information content (AvgIpc) is 2.76. The topological polar surface area (TPSA) is 29.3 Å². The lowest BCUT2D eigenvalue weighted by molar-refractivity contribution is -0.0696. The second kappa shape index (κ2) is 4.70. The number of halogens is 2. The van der Waals surface area contributed by atoms with E-state index in [2.05, 4.69) is 0 Å². The number of hydrogen-bond acceptors (Lipinski definition) is 2. The van der Waals surface area contributed by atoms with Gasteiger partial charge in [0.25, 0.3) is 5.92 Å². The van der Waals surface area contributed by atoms with Crippen molar-refractivity contribution < 1.29 is 8.78 Å². The van der Waals surface area contributed by atoms with Gasteiger partial charge in [0.2, 0.25) is 0 Å². The zero-order chi connectivity index (χ0) is 12.5. The van der Waals surface area contributed by atoms with Gasteiger partial charge in [-0.2, -0.15) is 8.78 Å². The number of likely N-dealkylation sites (N-methyl/N-ethyl adjacent to an activating group) is 1. The van der Waals surface area contributed by atoms with Crippen molar-refractivity contribution in [1.82, 2.24) is 4.90 Å². The summed E-state index contributed by atoms with van der Waals surface area (Å²) in [6, 6.07) is 5.67. The second-order valence-electron chi connectivity index (χ2n) is 4.66. The third kappa shape index (κ3) is 2.33. The smallest absolute Gasteiger partial charge is 0.288 e. The van der Waals surface area contributed by atoms with Gasteiger partial charge in [-0.1, -0.05) is 24.3 Å². The summed E-state index contributed by atoms with van der Waals surface area (Å²) in [5.41, 5.74) is 6.43. The highest BCUT2D eigenvalue weighted by molar-refractivity contribution is 5.27. The monoisotopic (exact) mass is 240 g/mol. The third-order valence-corrected chi connectivity index (χ3v) is 3.51. The van der Waals surface area contributed by atoms with Crippen molar-refractivity contribution in [2.75, 3.05) is 13.6 Å². The Morgan fingerprint density at radius 2 is 2.00 bits per heavy atom. The molecule has 1 aliphatic rings. The van der Waals surface area contributed by atoms with Crippen molar-refractivity contribution in [3.05, 3.63) is 35.4 Å². The zero-order valence-corrected chi connectivity index (χ0v) is 10.00. The molecule has 1 aromatic carbocycles. The second-order valence-corrected chi connectivity index (χ2v) is 4.66. The Labute approximate surface area is 100 Å². The van der Waals surface area contributed by atoms with E-state index in [1.165, 1.54) is 12.1 Å². The Morgan fingerprint density at radius 3 is 2.47 bits per heavy atom. The summed E-state index contributed by atoms with van der Waals surface area (Å²) in [4.78, 5) is 1.75. The first kappa shape index (κ1) is 12.5. The largest absolute Gasteiger partial charge is 0.326 e. The average molecular weight is 240 g/mol. The molecule has 0 aromatic heterocycles. The maximum absolute atomic E-state index is 14.3. The molecule has 1 aromatic rings. The highest BCUT2D eigenvalue weighted by Gasteiger charge is 2.45. The summed E-state index contributed by atoms with van der Waals surface area (Å²) < 4.78 is 28.5. The van der Waals surface area contributed by atoms with Crippen molar-refractivity contribution in [2.45, 2.75) is 31.4 Å². The van der Waals surface area contributed by atoms with Gasteiger partial charge in [0.15, 0.2) is 0 Å². The fraction of sp³-hybridized carbons (Fsp3) is 0.538. The Bertz CT molecular complexity index is 376. The van der Waals surface area contributed by atoms with E-state index in [0.29, 0.717) is 13.0 Å². The summed E-state index contributed by atoms with van der Waals surface area (Å²) in [7, 11) is 1.76. The molecule has 1 atom stereocenters. The van der Waals surface area contributed by atoms with Crippen LogP contribution in [0.2, 0.25) is 0 Å². The van der Waals surface area contributed by atoms with E-state index in [4.69, 9.17) is 5.73 Å². The third-order valence-electron chi connectivity index (χ3n) is 3.51. The Kier molecular flexibility index (Phi) is 3.45. The molecule has 94 valence electrons. The number of likely N-dealkylation sites (tertiary alicyclic amines) is 1. The molecule has 1 aliphatic heterocycles. The number of nitrogens with two attached hydrogens (primary N) is 1. The lowest BCUT2D eigenvalue weighted by Crippen LogP contribution is -2.39. The van der Waals surface area contributed by atoms with Crippen LogP contribution in [0.4, 0.5) is 8.78 Å². The fourth-order valence-electron chi connectivity index (χ4n) is 2.42. The molecule has 0 amide bonds. The van der Waals surface area contributed by atoms with Crippen molar-refractivity contribution in [3.63, 3.8) is 0 Å². The van der Waals surface area contributed by atoms with Crippen LogP contribution in [0.1, 0.15) is 24.0 Å². The number of rotatable bonds is 3. The van der Waals surface area contributed by atoms with Crippen molar-refractivity contribution in [2.24, 2.45) is 5.73 Å². The van der Waals surface area contributed by atoms with Crippen molar-refractivity contribution >= 4 is 0 Å². The Balaban J connectivity index is 2.23. The molecule has 0 radical (unpaired) electrons. The molecule has 2 rings (SSSR count). The van der Waals surface area contributed by atoms with Crippen LogP contribution in [0.3, 0.4) is 0 Å². The molecule has 1 heterocycles. The van der Waals surface area contributed by atoms with E-state index in [-0.39, 0.29) is 5.56 Å². The van der Waals surface area contributed by atoms with Gasteiger partial charge in [-0.15, -0.1) is 0 Å². The maximum atomic E-state index is 14.3. The van der Waals surface area contributed by atoms with Crippen LogP contribution >= 0.6 is 0 Å². The van der Waals surface area contributed by atoms with Gasteiger partial charge in [0.1, 0.15) is 0 Å². The maximum Gasteiger partial charge on any atom is 0.288 e. The first-order valence-corrected chi connectivity index (χ1v) is 5.93. The van der Waals surface area contributed by atoms with Crippen molar-refractivity contribution in [1.29, 1.82) is 0 Å². The van der Waals surface area contributed by atoms with Crippen LogP contribution < -0.4 is 5.73 Å². The molecule has 0 saturated carbocycles. The van der Waals surface area contributed by atoms with E-state index >= 15 is 0 Å². The fourth-order valence-corrected chi connectivity index (χ4v) is 2.42. The van der Waals surface area contributed by atoms with Gasteiger partial charge in [-0.3, -0.25) is 4.90 Å².